The number of benzene rings is 2. The molecule has 2 aromatic carbocycles. The van der Waals surface area contributed by atoms with Crippen LogP contribution < -0.4 is 5.32 Å². The Hall–Kier alpha value is -3.13. The second kappa shape index (κ2) is 9.99. The zero-order valence-corrected chi connectivity index (χ0v) is 18.6. The van der Waals surface area contributed by atoms with Crippen LogP contribution in [0.15, 0.2) is 54.6 Å². The highest BCUT2D eigenvalue weighted by Crippen LogP contribution is 2.32. The molecule has 0 unspecified atom stereocenters. The van der Waals surface area contributed by atoms with Crippen molar-refractivity contribution in [3.63, 3.8) is 0 Å². The molecule has 6 nitrogen and oxygen atoms in total. The third-order valence-corrected chi connectivity index (χ3v) is 6.91. The van der Waals surface area contributed by atoms with Crippen molar-refractivity contribution in [3.05, 3.63) is 76.0 Å². The first-order chi connectivity index (χ1) is 15.6. The fourth-order valence-corrected chi connectivity index (χ4v) is 4.94. The number of para-hydroxylation sites is 1. The van der Waals surface area contributed by atoms with Crippen LogP contribution in [0.1, 0.15) is 58.4 Å². The third-order valence-electron chi connectivity index (χ3n) is 5.82. The smallest absolute Gasteiger partial charge is 0.286 e. The normalized spacial score (nSPS) is 15.4. The van der Waals surface area contributed by atoms with E-state index in [4.69, 9.17) is 0 Å². The summed E-state index contributed by atoms with van der Waals surface area (Å²) in [6.07, 6.45) is 2.32. The van der Waals surface area contributed by atoms with Gasteiger partial charge >= 0.3 is 0 Å². The van der Waals surface area contributed by atoms with Gasteiger partial charge in [0.25, 0.3) is 5.91 Å². The molecule has 32 heavy (non-hydrogen) atoms. The Morgan fingerprint density at radius 1 is 1.09 bits per heavy atom. The van der Waals surface area contributed by atoms with E-state index in [1.54, 1.807) is 12.1 Å². The molecule has 0 spiro atoms. The van der Waals surface area contributed by atoms with Gasteiger partial charge < -0.3 is 10.2 Å². The Bertz CT molecular complexity index is 1080. The molecule has 3 aromatic rings. The van der Waals surface area contributed by atoms with E-state index in [0.29, 0.717) is 13.1 Å². The topological polar surface area (TPSA) is 75.2 Å². The Labute approximate surface area is 190 Å². The second-order valence-corrected chi connectivity index (χ2v) is 8.86. The monoisotopic (exact) mass is 452 g/mol. The number of carbonyl (C=O) groups is 2. The van der Waals surface area contributed by atoms with Gasteiger partial charge in [-0.2, -0.15) is 0 Å². The average Bonchev–Trinajstić information content (AvgIpc) is 3.32. The maximum atomic E-state index is 13.8. The standard InChI is InChI=1S/C24H25FN4O2S/c1-2-18(16-8-4-3-5-9-16)24(31)29-14-12-17(13-15-29)22-27-28-23(32-22)21(30)26-20-11-7-6-10-19(20)25/h3-11,17-18H,2,12-15H2,1H3,(H,26,30)/t18-/m1/s1. The Balaban J connectivity index is 1.36. The molecule has 1 atom stereocenters. The first kappa shape index (κ1) is 22.1. The highest BCUT2D eigenvalue weighted by Gasteiger charge is 2.30. The van der Waals surface area contributed by atoms with E-state index in [9.17, 15) is 14.0 Å². The number of hydrogen-bond acceptors (Lipinski definition) is 5. The molecule has 1 aromatic heterocycles. The summed E-state index contributed by atoms with van der Waals surface area (Å²) < 4.78 is 13.8. The Morgan fingerprint density at radius 3 is 2.47 bits per heavy atom. The molecule has 2 heterocycles. The average molecular weight is 453 g/mol. The van der Waals surface area contributed by atoms with Gasteiger partial charge in [-0.1, -0.05) is 60.7 Å². The van der Waals surface area contributed by atoms with Crippen LogP contribution in [0.5, 0.6) is 0 Å². The number of likely N-dealkylation sites (tertiary alicyclic amines) is 1. The number of piperidine rings is 1. The molecular formula is C24H25FN4O2S. The highest BCUT2D eigenvalue weighted by atomic mass is 32.1. The number of nitrogens with one attached hydrogen (secondary N) is 1. The molecular weight excluding hydrogens is 427 g/mol. The minimum Gasteiger partial charge on any atom is -0.342 e. The molecule has 4 rings (SSSR count). The molecule has 1 aliphatic rings. The van der Waals surface area contributed by atoms with Crippen molar-refractivity contribution in [2.75, 3.05) is 18.4 Å². The number of rotatable bonds is 6. The predicted molar refractivity (Wildman–Crippen MR) is 122 cm³/mol. The van der Waals surface area contributed by atoms with Gasteiger partial charge in [0.1, 0.15) is 10.8 Å². The van der Waals surface area contributed by atoms with E-state index in [1.807, 2.05) is 42.2 Å². The lowest BCUT2D eigenvalue weighted by Crippen LogP contribution is -2.40. The number of aromatic nitrogens is 2. The van der Waals surface area contributed by atoms with Gasteiger partial charge in [0.05, 0.1) is 11.6 Å². The molecule has 1 fully saturated rings. The summed E-state index contributed by atoms with van der Waals surface area (Å²) >= 11 is 1.23. The van der Waals surface area contributed by atoms with Crippen LogP contribution in [0.4, 0.5) is 10.1 Å². The minimum absolute atomic E-state index is 0.116. The van der Waals surface area contributed by atoms with Gasteiger partial charge in [0.2, 0.25) is 10.9 Å². The Kier molecular flexibility index (Phi) is 6.90. The minimum atomic E-state index is -0.497. The van der Waals surface area contributed by atoms with E-state index in [1.165, 1.54) is 23.5 Å². The van der Waals surface area contributed by atoms with Crippen LogP contribution >= 0.6 is 11.3 Å². The van der Waals surface area contributed by atoms with Crippen molar-refractivity contribution in [2.45, 2.75) is 38.0 Å². The maximum absolute atomic E-state index is 13.8. The van der Waals surface area contributed by atoms with Crippen molar-refractivity contribution in [1.82, 2.24) is 15.1 Å². The largest absolute Gasteiger partial charge is 0.342 e. The lowest BCUT2D eigenvalue weighted by atomic mass is 9.92. The molecule has 0 saturated carbocycles. The second-order valence-electron chi connectivity index (χ2n) is 7.85. The number of carbonyl (C=O) groups excluding carboxylic acids is 2. The van der Waals surface area contributed by atoms with Gasteiger partial charge in [0, 0.05) is 19.0 Å². The molecule has 166 valence electrons. The molecule has 8 heteroatoms. The first-order valence-electron chi connectivity index (χ1n) is 10.8. The lowest BCUT2D eigenvalue weighted by Gasteiger charge is -2.33. The van der Waals surface area contributed by atoms with Crippen molar-refractivity contribution in [3.8, 4) is 0 Å². The van der Waals surface area contributed by atoms with Gasteiger partial charge in [-0.3, -0.25) is 9.59 Å². The number of hydrogen-bond donors (Lipinski definition) is 1. The van der Waals surface area contributed by atoms with Gasteiger partial charge in [-0.25, -0.2) is 4.39 Å². The van der Waals surface area contributed by atoms with Crippen LogP contribution in [0.2, 0.25) is 0 Å². The van der Waals surface area contributed by atoms with E-state index >= 15 is 0 Å². The van der Waals surface area contributed by atoms with Crippen LogP contribution in [0, 0.1) is 5.82 Å². The van der Waals surface area contributed by atoms with Crippen molar-refractivity contribution >= 4 is 28.8 Å². The fraction of sp³-hybridized carbons (Fsp3) is 0.333. The van der Waals surface area contributed by atoms with E-state index < -0.39 is 11.7 Å². The Morgan fingerprint density at radius 2 is 1.78 bits per heavy atom. The summed E-state index contributed by atoms with van der Waals surface area (Å²) in [6.45, 7) is 3.35. The SMILES string of the molecule is CC[C@@H](C(=O)N1CCC(c2nnc(C(=O)Nc3ccccc3F)s2)CC1)c1ccccc1. The molecule has 1 N–H and O–H groups in total. The number of amides is 2. The van der Waals surface area contributed by atoms with Crippen LogP contribution in [0.25, 0.3) is 0 Å². The van der Waals surface area contributed by atoms with Crippen molar-refractivity contribution in [2.24, 2.45) is 0 Å². The fourth-order valence-electron chi connectivity index (χ4n) is 4.04. The molecule has 1 aliphatic heterocycles. The quantitative estimate of drug-likeness (QED) is 0.581. The highest BCUT2D eigenvalue weighted by molar-refractivity contribution is 7.13. The van der Waals surface area contributed by atoms with E-state index in [-0.39, 0.29) is 28.4 Å². The summed E-state index contributed by atoms with van der Waals surface area (Å²) in [5, 5.41) is 11.7. The van der Waals surface area contributed by atoms with Gasteiger partial charge in [0.15, 0.2) is 0 Å². The maximum Gasteiger partial charge on any atom is 0.286 e. The number of anilines is 1. The molecule has 2 amide bonds. The summed E-state index contributed by atoms with van der Waals surface area (Å²) in [4.78, 5) is 27.4. The summed E-state index contributed by atoms with van der Waals surface area (Å²) in [5.74, 6) is -0.769. The van der Waals surface area contributed by atoms with Gasteiger partial charge in [-0.15, -0.1) is 10.2 Å². The van der Waals surface area contributed by atoms with Crippen molar-refractivity contribution in [1.29, 1.82) is 0 Å². The predicted octanol–water partition coefficient (Wildman–Crippen LogP) is 4.83. The van der Waals surface area contributed by atoms with Crippen LogP contribution in [0.3, 0.4) is 0 Å². The van der Waals surface area contributed by atoms with Crippen LogP contribution in [-0.4, -0.2) is 40.0 Å². The van der Waals surface area contributed by atoms with E-state index in [2.05, 4.69) is 15.5 Å². The molecule has 0 aliphatic carbocycles. The zero-order chi connectivity index (χ0) is 22.5. The van der Waals surface area contributed by atoms with Crippen LogP contribution in [-0.2, 0) is 4.79 Å². The number of nitrogens with zero attached hydrogens (tertiary/aromatic N) is 3. The first-order valence-corrected chi connectivity index (χ1v) is 11.6. The summed E-state index contributed by atoms with van der Waals surface area (Å²) in [6, 6.07) is 15.9. The molecule has 1 saturated heterocycles. The summed E-state index contributed by atoms with van der Waals surface area (Å²) in [7, 11) is 0. The van der Waals surface area contributed by atoms with Crippen molar-refractivity contribution < 1.29 is 14.0 Å². The lowest BCUT2D eigenvalue weighted by molar-refractivity contribution is -0.134. The van der Waals surface area contributed by atoms with E-state index in [0.717, 1.165) is 29.8 Å². The summed E-state index contributed by atoms with van der Waals surface area (Å²) in [5.41, 5.74) is 1.17. The molecule has 0 bridgehead atoms. The third kappa shape index (κ3) is 4.85. The van der Waals surface area contributed by atoms with Gasteiger partial charge in [-0.05, 0) is 37.0 Å². The molecule has 0 radical (unpaired) electrons. The zero-order valence-electron chi connectivity index (χ0n) is 17.8. The number of halogens is 1.